The number of quaternary nitrogens is 1. The number of benzene rings is 1. The average molecular weight is 395 g/mol. The number of carbonyl (C=O) groups is 1. The van der Waals surface area contributed by atoms with Crippen LogP contribution in [0.15, 0.2) is 36.4 Å². The Morgan fingerprint density at radius 3 is 2.58 bits per heavy atom. The Kier molecular flexibility index (Phi) is 6.53. The van der Waals surface area contributed by atoms with Crippen molar-refractivity contribution in [1.29, 1.82) is 0 Å². The molecule has 2 N–H and O–H groups in total. The zero-order chi connectivity index (χ0) is 18.5. The Balaban J connectivity index is 1.54. The van der Waals surface area contributed by atoms with E-state index in [1.807, 2.05) is 38.2 Å². The Morgan fingerprint density at radius 1 is 1.27 bits per heavy atom. The molecule has 1 unspecified atom stereocenters. The molecule has 0 bridgehead atoms. The maximum atomic E-state index is 12.6. The van der Waals surface area contributed by atoms with E-state index >= 15 is 0 Å². The first kappa shape index (κ1) is 19.2. The van der Waals surface area contributed by atoms with E-state index in [-0.39, 0.29) is 11.9 Å². The molecule has 2 atom stereocenters. The number of hydrogen-bond donors (Lipinski definition) is 2. The van der Waals surface area contributed by atoms with Crippen LogP contribution in [0.2, 0.25) is 4.34 Å². The van der Waals surface area contributed by atoms with Crippen molar-refractivity contribution in [3.05, 3.63) is 45.6 Å². The predicted molar refractivity (Wildman–Crippen MR) is 107 cm³/mol. The first-order chi connectivity index (χ1) is 12.5. The predicted octanol–water partition coefficient (Wildman–Crippen LogP) is 2.28. The first-order valence-corrected chi connectivity index (χ1v) is 10.0. The molecular weight excluding hydrogens is 370 g/mol. The van der Waals surface area contributed by atoms with Crippen LogP contribution in [0.4, 0.5) is 11.4 Å². The number of nitrogens with one attached hydrogen (secondary N) is 2. The number of nitrogens with zero attached hydrogens (tertiary/aromatic N) is 1. The molecule has 2 heterocycles. The van der Waals surface area contributed by atoms with Gasteiger partial charge in [-0.3, -0.25) is 4.79 Å². The van der Waals surface area contributed by atoms with Crippen LogP contribution < -0.4 is 15.1 Å². The van der Waals surface area contributed by atoms with E-state index < -0.39 is 0 Å². The van der Waals surface area contributed by atoms with Gasteiger partial charge in [-0.2, -0.15) is 0 Å². The lowest BCUT2D eigenvalue weighted by molar-refractivity contribution is -0.907. The van der Waals surface area contributed by atoms with Crippen molar-refractivity contribution < 1.29 is 14.4 Å². The molecule has 5 nitrogen and oxygen atoms in total. The van der Waals surface area contributed by atoms with Crippen molar-refractivity contribution in [2.45, 2.75) is 19.5 Å². The Labute approximate surface area is 163 Å². The van der Waals surface area contributed by atoms with Crippen molar-refractivity contribution in [3.8, 4) is 0 Å². The smallest absolute Gasteiger partial charge is 0.282 e. The highest BCUT2D eigenvalue weighted by Crippen LogP contribution is 2.21. The van der Waals surface area contributed by atoms with Crippen LogP contribution >= 0.6 is 22.9 Å². The third kappa shape index (κ3) is 4.98. The molecule has 2 aromatic rings. The van der Waals surface area contributed by atoms with Gasteiger partial charge in [-0.1, -0.05) is 11.6 Å². The van der Waals surface area contributed by atoms with Gasteiger partial charge in [0.25, 0.3) is 5.91 Å². The summed E-state index contributed by atoms with van der Waals surface area (Å²) in [6, 6.07) is 11.8. The lowest BCUT2D eigenvalue weighted by atomic mass is 10.2. The molecule has 3 rings (SSSR count). The van der Waals surface area contributed by atoms with Crippen molar-refractivity contribution >= 4 is 40.2 Å². The summed E-state index contributed by atoms with van der Waals surface area (Å²) in [6.45, 7) is 6.07. The van der Waals surface area contributed by atoms with Gasteiger partial charge >= 0.3 is 0 Å². The van der Waals surface area contributed by atoms with Gasteiger partial charge in [0.05, 0.1) is 29.5 Å². The fourth-order valence-corrected chi connectivity index (χ4v) is 4.11. The second-order valence-electron chi connectivity index (χ2n) is 6.59. The Morgan fingerprint density at radius 2 is 1.96 bits per heavy atom. The number of thiophene rings is 1. The van der Waals surface area contributed by atoms with Crippen LogP contribution in [0.1, 0.15) is 11.8 Å². The number of likely N-dealkylation sites (N-methyl/N-ethyl adjacent to an activating group) is 1. The standard InChI is InChI=1S/C19H24ClN3O2S/c1-14(22(2)13-17-7-8-18(20)26-17)19(24)21-15-3-5-16(6-4-15)23-9-11-25-12-10-23/h3-8,14H,9-13H2,1-2H3,(H,21,24)/p+1/t14-/m1/s1. The summed E-state index contributed by atoms with van der Waals surface area (Å²) >= 11 is 7.55. The number of hydrogen-bond acceptors (Lipinski definition) is 4. The topological polar surface area (TPSA) is 46.0 Å². The average Bonchev–Trinajstić information content (AvgIpc) is 3.07. The summed E-state index contributed by atoms with van der Waals surface area (Å²) in [7, 11) is 2.03. The number of ether oxygens (including phenoxy) is 1. The molecule has 1 aromatic heterocycles. The second-order valence-corrected chi connectivity index (χ2v) is 8.39. The molecule has 7 heteroatoms. The molecule has 1 aliphatic heterocycles. The van der Waals surface area contributed by atoms with E-state index in [9.17, 15) is 4.79 Å². The number of carbonyl (C=O) groups excluding carboxylic acids is 1. The highest BCUT2D eigenvalue weighted by Gasteiger charge is 2.22. The normalized spacial score (nSPS) is 17.0. The van der Waals surface area contributed by atoms with Gasteiger partial charge in [-0.25, -0.2) is 0 Å². The SMILES string of the molecule is C[C@H](C(=O)Nc1ccc(N2CCOCC2)cc1)[NH+](C)Cc1ccc(Cl)s1. The van der Waals surface area contributed by atoms with E-state index in [1.54, 1.807) is 11.3 Å². The lowest BCUT2D eigenvalue weighted by Gasteiger charge is -2.29. The molecule has 0 saturated carbocycles. The van der Waals surface area contributed by atoms with Crippen LogP contribution in [-0.2, 0) is 16.1 Å². The van der Waals surface area contributed by atoms with Gasteiger partial charge in [0.2, 0.25) is 0 Å². The minimum atomic E-state index is -0.158. The van der Waals surface area contributed by atoms with Crippen molar-refractivity contribution in [3.63, 3.8) is 0 Å². The van der Waals surface area contributed by atoms with E-state index in [0.29, 0.717) is 0 Å². The van der Waals surface area contributed by atoms with E-state index in [0.717, 1.165) is 53.5 Å². The van der Waals surface area contributed by atoms with Gasteiger partial charge in [0, 0.05) is 24.5 Å². The summed E-state index contributed by atoms with van der Waals surface area (Å²) in [5.41, 5.74) is 1.99. The molecular formula is C19H25ClN3O2S+. The highest BCUT2D eigenvalue weighted by atomic mass is 35.5. The Hall–Kier alpha value is -1.60. The molecule has 1 saturated heterocycles. The van der Waals surface area contributed by atoms with Crippen LogP contribution in [0.5, 0.6) is 0 Å². The number of anilines is 2. The second kappa shape index (κ2) is 8.86. The Bertz CT molecular complexity index is 729. The number of halogens is 1. The maximum Gasteiger partial charge on any atom is 0.282 e. The lowest BCUT2D eigenvalue weighted by Crippen LogP contribution is -3.12. The zero-order valence-corrected chi connectivity index (χ0v) is 16.7. The van der Waals surface area contributed by atoms with Crippen LogP contribution in [0.25, 0.3) is 0 Å². The van der Waals surface area contributed by atoms with Crippen molar-refractivity contribution in [2.24, 2.45) is 0 Å². The van der Waals surface area contributed by atoms with Crippen LogP contribution in [-0.4, -0.2) is 45.3 Å². The quantitative estimate of drug-likeness (QED) is 0.790. The molecule has 1 amide bonds. The van der Waals surface area contributed by atoms with E-state index in [4.69, 9.17) is 16.3 Å². The third-order valence-corrected chi connectivity index (χ3v) is 5.96. The number of amides is 1. The molecule has 140 valence electrons. The fourth-order valence-electron chi connectivity index (χ4n) is 2.93. The van der Waals surface area contributed by atoms with E-state index in [2.05, 4.69) is 22.3 Å². The van der Waals surface area contributed by atoms with Crippen molar-refractivity contribution in [2.75, 3.05) is 43.6 Å². The van der Waals surface area contributed by atoms with Gasteiger partial charge in [0.1, 0.15) is 6.54 Å². The van der Waals surface area contributed by atoms with Crippen molar-refractivity contribution in [1.82, 2.24) is 0 Å². The highest BCUT2D eigenvalue weighted by molar-refractivity contribution is 7.16. The van der Waals surface area contributed by atoms with Gasteiger partial charge in [0.15, 0.2) is 6.04 Å². The maximum absolute atomic E-state index is 12.6. The summed E-state index contributed by atoms with van der Waals surface area (Å²) < 4.78 is 6.17. The van der Waals surface area contributed by atoms with E-state index in [1.165, 1.54) is 4.88 Å². The largest absolute Gasteiger partial charge is 0.378 e. The minimum Gasteiger partial charge on any atom is -0.378 e. The minimum absolute atomic E-state index is 0.0178. The number of rotatable bonds is 6. The van der Waals surface area contributed by atoms with Gasteiger partial charge in [-0.15, -0.1) is 11.3 Å². The molecule has 1 fully saturated rings. The monoisotopic (exact) mass is 394 g/mol. The third-order valence-electron chi connectivity index (χ3n) is 4.73. The molecule has 1 aliphatic rings. The van der Waals surface area contributed by atoms with Gasteiger partial charge < -0.3 is 19.9 Å². The molecule has 0 spiro atoms. The summed E-state index contributed by atoms with van der Waals surface area (Å²) in [5.74, 6) is 0.0178. The molecule has 0 radical (unpaired) electrons. The number of morpholine rings is 1. The van der Waals surface area contributed by atoms with Gasteiger partial charge in [-0.05, 0) is 43.3 Å². The fraction of sp³-hybridized carbons (Fsp3) is 0.421. The van der Waals surface area contributed by atoms with Crippen LogP contribution in [0.3, 0.4) is 0 Å². The molecule has 1 aromatic carbocycles. The molecule has 0 aliphatic carbocycles. The zero-order valence-electron chi connectivity index (χ0n) is 15.1. The summed E-state index contributed by atoms with van der Waals surface area (Å²) in [5, 5.41) is 3.02. The summed E-state index contributed by atoms with van der Waals surface area (Å²) in [4.78, 5) is 17.2. The molecule has 26 heavy (non-hydrogen) atoms. The summed E-state index contributed by atoms with van der Waals surface area (Å²) in [6.07, 6.45) is 0. The first-order valence-electron chi connectivity index (χ1n) is 8.83. The van der Waals surface area contributed by atoms with Crippen LogP contribution in [0, 0.1) is 0 Å².